The molecule has 0 spiro atoms. The summed E-state index contributed by atoms with van der Waals surface area (Å²) >= 11 is 1.73. The molecule has 1 aromatic heterocycles. The second kappa shape index (κ2) is 2.82. The summed E-state index contributed by atoms with van der Waals surface area (Å²) in [6.45, 7) is 4.07. The number of nitrogens with zero attached hydrogens (tertiary/aromatic N) is 1. The van der Waals surface area contributed by atoms with Gasteiger partial charge in [0.2, 0.25) is 0 Å². The molecule has 0 bridgehead atoms. The van der Waals surface area contributed by atoms with Gasteiger partial charge in [-0.05, 0) is 13.8 Å². The van der Waals surface area contributed by atoms with Gasteiger partial charge in [0.25, 0.3) is 0 Å². The SMILES string of the molecule is C.Cc1cnc(C)s1. The number of aryl methyl sites for hydroxylation is 2. The minimum absolute atomic E-state index is 0. The summed E-state index contributed by atoms with van der Waals surface area (Å²) in [5.41, 5.74) is 0. The van der Waals surface area contributed by atoms with Crippen LogP contribution in [0.25, 0.3) is 0 Å². The summed E-state index contributed by atoms with van der Waals surface area (Å²) in [5, 5.41) is 1.15. The van der Waals surface area contributed by atoms with E-state index in [0.717, 1.165) is 5.01 Å². The van der Waals surface area contributed by atoms with E-state index in [9.17, 15) is 0 Å². The highest BCUT2D eigenvalue weighted by Crippen LogP contribution is 2.07. The van der Waals surface area contributed by atoms with Gasteiger partial charge in [-0.1, -0.05) is 7.43 Å². The molecule has 8 heavy (non-hydrogen) atoms. The van der Waals surface area contributed by atoms with Crippen LogP contribution in [-0.4, -0.2) is 4.98 Å². The molecule has 0 saturated carbocycles. The first kappa shape index (κ1) is 7.63. The van der Waals surface area contributed by atoms with Crippen LogP contribution in [-0.2, 0) is 0 Å². The van der Waals surface area contributed by atoms with Crippen LogP contribution in [0.2, 0.25) is 0 Å². The summed E-state index contributed by atoms with van der Waals surface area (Å²) in [6, 6.07) is 0. The maximum atomic E-state index is 4.03. The number of hydrogen-bond donors (Lipinski definition) is 0. The summed E-state index contributed by atoms with van der Waals surface area (Å²) in [7, 11) is 0. The molecule has 1 heterocycles. The van der Waals surface area contributed by atoms with Gasteiger partial charge in [0.1, 0.15) is 0 Å². The van der Waals surface area contributed by atoms with Crippen LogP contribution in [0.3, 0.4) is 0 Å². The molecular formula is C6H11NS. The van der Waals surface area contributed by atoms with Gasteiger partial charge in [0.05, 0.1) is 5.01 Å². The van der Waals surface area contributed by atoms with Crippen molar-refractivity contribution in [1.82, 2.24) is 4.98 Å². The van der Waals surface area contributed by atoms with Gasteiger partial charge in [-0.25, -0.2) is 4.98 Å². The Balaban J connectivity index is 0.000000490. The molecule has 0 saturated heterocycles. The third-order valence-corrected chi connectivity index (χ3v) is 1.57. The second-order valence-corrected chi connectivity index (χ2v) is 2.93. The monoisotopic (exact) mass is 129 g/mol. The molecule has 0 aliphatic rings. The van der Waals surface area contributed by atoms with Gasteiger partial charge in [0, 0.05) is 11.1 Å². The van der Waals surface area contributed by atoms with Gasteiger partial charge >= 0.3 is 0 Å². The molecule has 0 aliphatic heterocycles. The lowest BCUT2D eigenvalue weighted by Crippen LogP contribution is -1.57. The van der Waals surface area contributed by atoms with Gasteiger partial charge in [-0.2, -0.15) is 0 Å². The van der Waals surface area contributed by atoms with E-state index in [-0.39, 0.29) is 7.43 Å². The van der Waals surface area contributed by atoms with Crippen molar-refractivity contribution < 1.29 is 0 Å². The second-order valence-electron chi connectivity index (χ2n) is 1.49. The summed E-state index contributed by atoms with van der Waals surface area (Å²) in [6.07, 6.45) is 1.89. The zero-order valence-electron chi connectivity index (χ0n) is 4.43. The zero-order chi connectivity index (χ0) is 5.28. The van der Waals surface area contributed by atoms with Gasteiger partial charge in [-0.15, -0.1) is 11.3 Å². The maximum absolute atomic E-state index is 4.03. The van der Waals surface area contributed by atoms with Crippen LogP contribution in [0.1, 0.15) is 17.3 Å². The van der Waals surface area contributed by atoms with E-state index in [0.29, 0.717) is 0 Å². The van der Waals surface area contributed by atoms with E-state index in [1.807, 2.05) is 13.1 Å². The van der Waals surface area contributed by atoms with Crippen LogP contribution in [0, 0.1) is 13.8 Å². The summed E-state index contributed by atoms with van der Waals surface area (Å²) < 4.78 is 0. The molecule has 0 unspecified atom stereocenters. The van der Waals surface area contributed by atoms with Crippen molar-refractivity contribution in [2.24, 2.45) is 0 Å². The van der Waals surface area contributed by atoms with Gasteiger partial charge < -0.3 is 0 Å². The van der Waals surface area contributed by atoms with Crippen molar-refractivity contribution in [1.29, 1.82) is 0 Å². The van der Waals surface area contributed by atoms with E-state index >= 15 is 0 Å². The Bertz CT molecular complexity index is 141. The van der Waals surface area contributed by atoms with Crippen molar-refractivity contribution in [3.05, 3.63) is 16.1 Å². The Labute approximate surface area is 54.4 Å². The predicted octanol–water partition coefficient (Wildman–Crippen LogP) is 2.40. The number of thiazole rings is 1. The average Bonchev–Trinajstić information content (AvgIpc) is 1.87. The van der Waals surface area contributed by atoms with Crippen LogP contribution >= 0.6 is 11.3 Å². The maximum Gasteiger partial charge on any atom is 0.0896 e. The standard InChI is InChI=1S/C5H7NS.CH4/c1-4-3-6-5(2)7-4;/h3H,1-2H3;1H4. The number of aromatic nitrogens is 1. The lowest BCUT2D eigenvalue weighted by Gasteiger charge is -1.68. The first-order valence-electron chi connectivity index (χ1n) is 2.18. The van der Waals surface area contributed by atoms with Gasteiger partial charge in [-0.3, -0.25) is 0 Å². The molecule has 2 heteroatoms. The van der Waals surface area contributed by atoms with E-state index in [4.69, 9.17) is 0 Å². The highest BCUT2D eigenvalue weighted by atomic mass is 32.1. The highest BCUT2D eigenvalue weighted by molar-refractivity contribution is 7.11. The van der Waals surface area contributed by atoms with E-state index in [1.54, 1.807) is 11.3 Å². The molecule has 46 valence electrons. The van der Waals surface area contributed by atoms with Crippen LogP contribution < -0.4 is 0 Å². The quantitative estimate of drug-likeness (QED) is 0.524. The van der Waals surface area contributed by atoms with Crippen molar-refractivity contribution in [2.45, 2.75) is 21.3 Å². The smallest absolute Gasteiger partial charge is 0.0896 e. The number of hydrogen-bond acceptors (Lipinski definition) is 2. The van der Waals surface area contributed by atoms with Crippen LogP contribution in [0.15, 0.2) is 6.20 Å². The topological polar surface area (TPSA) is 12.9 Å². The predicted molar refractivity (Wildman–Crippen MR) is 38.3 cm³/mol. The molecule has 0 aliphatic carbocycles. The normalized spacial score (nSPS) is 8.25. The fourth-order valence-corrected chi connectivity index (χ4v) is 1.14. The molecule has 1 aromatic rings. The highest BCUT2D eigenvalue weighted by Gasteiger charge is 1.86. The Morgan fingerprint density at radius 1 is 1.50 bits per heavy atom. The number of rotatable bonds is 0. The van der Waals surface area contributed by atoms with E-state index in [2.05, 4.69) is 11.9 Å². The average molecular weight is 129 g/mol. The van der Waals surface area contributed by atoms with E-state index in [1.165, 1.54) is 4.88 Å². The Morgan fingerprint density at radius 2 is 2.12 bits per heavy atom. The lowest BCUT2D eigenvalue weighted by molar-refractivity contribution is 1.28. The third kappa shape index (κ3) is 1.62. The molecule has 1 nitrogen and oxygen atoms in total. The first-order valence-corrected chi connectivity index (χ1v) is 3.00. The molecule has 0 amide bonds. The first-order chi connectivity index (χ1) is 3.29. The third-order valence-electron chi connectivity index (χ3n) is 0.737. The van der Waals surface area contributed by atoms with Crippen molar-refractivity contribution in [3.8, 4) is 0 Å². The van der Waals surface area contributed by atoms with Crippen molar-refractivity contribution in [2.75, 3.05) is 0 Å². The van der Waals surface area contributed by atoms with Crippen LogP contribution in [0.4, 0.5) is 0 Å². The van der Waals surface area contributed by atoms with Crippen molar-refractivity contribution in [3.63, 3.8) is 0 Å². The molecule has 0 aromatic carbocycles. The minimum Gasteiger partial charge on any atom is -0.250 e. The molecule has 0 fully saturated rings. The Hall–Kier alpha value is -0.370. The van der Waals surface area contributed by atoms with Gasteiger partial charge in [0.15, 0.2) is 0 Å². The molecule has 1 rings (SSSR count). The molecular weight excluding hydrogens is 118 g/mol. The Morgan fingerprint density at radius 3 is 2.25 bits per heavy atom. The molecule has 0 radical (unpaired) electrons. The summed E-state index contributed by atoms with van der Waals surface area (Å²) in [4.78, 5) is 5.32. The fourth-order valence-electron chi connectivity index (χ4n) is 0.467. The Kier molecular flexibility index (Phi) is 2.69. The van der Waals surface area contributed by atoms with Crippen molar-refractivity contribution >= 4 is 11.3 Å². The zero-order valence-corrected chi connectivity index (χ0v) is 5.25. The minimum atomic E-state index is 0. The largest absolute Gasteiger partial charge is 0.250 e. The van der Waals surface area contributed by atoms with Crippen LogP contribution in [0.5, 0.6) is 0 Å². The fraction of sp³-hybridized carbons (Fsp3) is 0.500. The van der Waals surface area contributed by atoms with E-state index < -0.39 is 0 Å². The molecule has 0 N–H and O–H groups in total. The lowest BCUT2D eigenvalue weighted by atomic mass is 10.6. The summed E-state index contributed by atoms with van der Waals surface area (Å²) in [5.74, 6) is 0. The molecule has 0 atom stereocenters.